The minimum atomic E-state index is -5.08. The number of carboxylic acid groups (broad SMARTS) is 1. The van der Waals surface area contributed by atoms with Gasteiger partial charge in [-0.25, -0.2) is 14.0 Å². The van der Waals surface area contributed by atoms with Gasteiger partial charge in [-0.15, -0.1) is 0 Å². The van der Waals surface area contributed by atoms with Crippen molar-refractivity contribution in [3.05, 3.63) is 66.0 Å². The second kappa shape index (κ2) is 15.4. The van der Waals surface area contributed by atoms with E-state index < -0.39 is 12.1 Å². The summed E-state index contributed by atoms with van der Waals surface area (Å²) in [7, 11) is 1.58. The highest BCUT2D eigenvalue weighted by Crippen LogP contribution is 2.14. The number of para-hydroxylation sites is 1. The molecule has 0 radical (unpaired) electrons. The first-order valence-electron chi connectivity index (χ1n) is 11.0. The maximum atomic E-state index is 13.4. The van der Waals surface area contributed by atoms with Crippen molar-refractivity contribution in [2.24, 2.45) is 5.73 Å². The van der Waals surface area contributed by atoms with E-state index in [2.05, 4.69) is 10.6 Å². The molecule has 8 nitrogen and oxygen atoms in total. The Bertz CT molecular complexity index is 968. The van der Waals surface area contributed by atoms with Crippen LogP contribution in [0.15, 0.2) is 54.6 Å². The molecule has 1 saturated heterocycles. The fourth-order valence-electron chi connectivity index (χ4n) is 3.05. The van der Waals surface area contributed by atoms with E-state index in [9.17, 15) is 27.2 Å². The first kappa shape index (κ1) is 30.4. The molecular weight excluding hydrogens is 484 g/mol. The summed E-state index contributed by atoms with van der Waals surface area (Å²) < 4.78 is 45.2. The lowest BCUT2D eigenvalue weighted by Crippen LogP contribution is -2.35. The number of nitrogens with one attached hydrogen (secondary N) is 2. The van der Waals surface area contributed by atoms with Crippen molar-refractivity contribution in [3.63, 3.8) is 0 Å². The fraction of sp³-hybridized carbons (Fsp3) is 0.375. The first-order chi connectivity index (χ1) is 16.9. The minimum absolute atomic E-state index is 0.0938. The number of hydrogen-bond acceptors (Lipinski definition) is 4. The van der Waals surface area contributed by atoms with Crippen molar-refractivity contribution >= 4 is 23.6 Å². The number of anilines is 1. The molecule has 5 N–H and O–H groups in total. The van der Waals surface area contributed by atoms with Gasteiger partial charge in [-0.1, -0.05) is 36.4 Å². The number of hydrogen-bond donors (Lipinski definition) is 4. The molecule has 1 heterocycles. The predicted octanol–water partition coefficient (Wildman–Crippen LogP) is 3.78. The lowest BCUT2D eigenvalue weighted by Gasteiger charge is -2.18. The summed E-state index contributed by atoms with van der Waals surface area (Å²) in [5.41, 5.74) is 7.31. The standard InChI is InChI=1S/C14H19FN2O.C8H10N2O.C2HF3O2/c15-13-6-2-1-5-11(13)9-12(16)10-14(18)17-7-3-4-8-17;1-9-8(11)10-7-5-3-2-4-6-7;3-2(4,5)1(6)7/h1-2,5-6,12H,3-4,7-10,16H2;2-6H,1H3,(H2,9,10,11);(H,6,7). The highest BCUT2D eigenvalue weighted by atomic mass is 19.4. The number of aliphatic carboxylic acids is 1. The van der Waals surface area contributed by atoms with Gasteiger partial charge in [-0.05, 0) is 43.0 Å². The van der Waals surface area contributed by atoms with E-state index in [4.69, 9.17) is 15.6 Å². The van der Waals surface area contributed by atoms with Gasteiger partial charge in [0.25, 0.3) is 0 Å². The van der Waals surface area contributed by atoms with Gasteiger partial charge in [0.1, 0.15) is 5.82 Å². The van der Waals surface area contributed by atoms with Gasteiger partial charge in [-0.3, -0.25) is 4.79 Å². The van der Waals surface area contributed by atoms with E-state index >= 15 is 0 Å². The van der Waals surface area contributed by atoms with E-state index in [-0.39, 0.29) is 23.8 Å². The van der Waals surface area contributed by atoms with Crippen LogP contribution >= 0.6 is 0 Å². The Morgan fingerprint density at radius 2 is 1.56 bits per heavy atom. The number of alkyl halides is 3. The number of carbonyl (C=O) groups is 3. The third-order valence-electron chi connectivity index (χ3n) is 4.84. The highest BCUT2D eigenvalue weighted by molar-refractivity contribution is 5.88. The van der Waals surface area contributed by atoms with Crippen LogP contribution in [0.3, 0.4) is 0 Å². The first-order valence-corrected chi connectivity index (χ1v) is 11.0. The van der Waals surface area contributed by atoms with E-state index in [1.165, 1.54) is 6.07 Å². The lowest BCUT2D eigenvalue weighted by atomic mass is 10.0. The van der Waals surface area contributed by atoms with Crippen molar-refractivity contribution in [2.75, 3.05) is 25.5 Å². The SMILES string of the molecule is CNC(=O)Nc1ccccc1.NC(CC(=O)N1CCCC1)Cc1ccccc1F.O=C(O)C(F)(F)F. The number of urea groups is 1. The van der Waals surface area contributed by atoms with Crippen LogP contribution in [0, 0.1) is 5.82 Å². The fourth-order valence-corrected chi connectivity index (χ4v) is 3.05. The van der Waals surface area contributed by atoms with Gasteiger partial charge in [0.05, 0.1) is 0 Å². The Balaban J connectivity index is 0.000000306. The number of carbonyl (C=O) groups excluding carboxylic acids is 2. The lowest BCUT2D eigenvalue weighted by molar-refractivity contribution is -0.192. The molecule has 0 bridgehead atoms. The molecule has 1 aliphatic heterocycles. The van der Waals surface area contributed by atoms with Crippen LogP contribution in [0.25, 0.3) is 0 Å². The van der Waals surface area contributed by atoms with Crippen molar-refractivity contribution in [1.82, 2.24) is 10.2 Å². The molecule has 12 heteroatoms. The molecule has 198 valence electrons. The monoisotopic (exact) mass is 514 g/mol. The summed E-state index contributed by atoms with van der Waals surface area (Å²) in [5.74, 6) is -2.91. The molecule has 0 aromatic heterocycles. The topological polar surface area (TPSA) is 125 Å². The summed E-state index contributed by atoms with van der Waals surface area (Å²) in [6.07, 6.45) is -2.22. The van der Waals surface area contributed by atoms with Crippen molar-refractivity contribution in [1.29, 1.82) is 0 Å². The zero-order chi connectivity index (χ0) is 27.1. The van der Waals surface area contributed by atoms with Gasteiger partial charge >= 0.3 is 18.2 Å². The number of nitrogens with two attached hydrogens (primary N) is 1. The Hall–Kier alpha value is -3.67. The smallest absolute Gasteiger partial charge is 0.475 e. The molecule has 2 aromatic rings. The zero-order valence-corrected chi connectivity index (χ0v) is 19.7. The molecular formula is C24H30F4N4O4. The minimum Gasteiger partial charge on any atom is -0.475 e. The number of nitrogens with zero attached hydrogens (tertiary/aromatic N) is 1. The Kier molecular flexibility index (Phi) is 12.9. The quantitative estimate of drug-likeness (QED) is 0.452. The van der Waals surface area contributed by atoms with Gasteiger partial charge in [0.15, 0.2) is 0 Å². The Morgan fingerprint density at radius 3 is 2.06 bits per heavy atom. The number of carboxylic acids is 1. The number of amides is 3. The largest absolute Gasteiger partial charge is 0.490 e. The average molecular weight is 515 g/mol. The third-order valence-corrected chi connectivity index (χ3v) is 4.84. The molecule has 3 amide bonds. The maximum Gasteiger partial charge on any atom is 0.490 e. The van der Waals surface area contributed by atoms with Crippen LogP contribution < -0.4 is 16.4 Å². The average Bonchev–Trinajstić information content (AvgIpc) is 3.37. The van der Waals surface area contributed by atoms with Gasteiger partial charge < -0.3 is 26.4 Å². The van der Waals surface area contributed by atoms with E-state index in [0.29, 0.717) is 18.4 Å². The molecule has 1 fully saturated rings. The van der Waals surface area contributed by atoms with Crippen LogP contribution in [-0.4, -0.2) is 60.3 Å². The highest BCUT2D eigenvalue weighted by Gasteiger charge is 2.38. The normalized spacial score (nSPS) is 13.3. The summed E-state index contributed by atoms with van der Waals surface area (Å²) in [4.78, 5) is 33.4. The van der Waals surface area contributed by atoms with E-state index in [1.807, 2.05) is 35.2 Å². The third kappa shape index (κ3) is 12.2. The number of halogens is 4. The number of rotatable bonds is 5. The number of likely N-dealkylation sites (tertiary alicyclic amines) is 1. The van der Waals surface area contributed by atoms with Crippen molar-refractivity contribution < 1.29 is 37.1 Å². The van der Waals surface area contributed by atoms with Gasteiger partial charge in [0, 0.05) is 38.3 Å². The van der Waals surface area contributed by atoms with Crippen molar-refractivity contribution in [3.8, 4) is 0 Å². The Labute approximate surface area is 206 Å². The van der Waals surface area contributed by atoms with Crippen LogP contribution in [0.4, 0.5) is 28.0 Å². The van der Waals surface area contributed by atoms with Gasteiger partial charge in [0.2, 0.25) is 5.91 Å². The maximum absolute atomic E-state index is 13.4. The van der Waals surface area contributed by atoms with Crippen LogP contribution in [0.1, 0.15) is 24.8 Å². The summed E-state index contributed by atoms with van der Waals surface area (Å²) in [6, 6.07) is 15.4. The summed E-state index contributed by atoms with van der Waals surface area (Å²) in [6.45, 7) is 1.68. The van der Waals surface area contributed by atoms with E-state index in [1.54, 1.807) is 25.2 Å². The molecule has 0 aliphatic carbocycles. The molecule has 1 atom stereocenters. The van der Waals surface area contributed by atoms with Gasteiger partial charge in [-0.2, -0.15) is 13.2 Å². The molecule has 36 heavy (non-hydrogen) atoms. The second-order valence-electron chi connectivity index (χ2n) is 7.72. The second-order valence-corrected chi connectivity index (χ2v) is 7.72. The summed E-state index contributed by atoms with van der Waals surface area (Å²) in [5, 5.41) is 12.2. The molecule has 2 aromatic carbocycles. The zero-order valence-electron chi connectivity index (χ0n) is 19.7. The van der Waals surface area contributed by atoms with Crippen LogP contribution in [0.5, 0.6) is 0 Å². The molecule has 3 rings (SSSR count). The van der Waals surface area contributed by atoms with E-state index in [0.717, 1.165) is 31.6 Å². The number of benzene rings is 2. The van der Waals surface area contributed by atoms with Crippen molar-refractivity contribution in [2.45, 2.75) is 37.9 Å². The van der Waals surface area contributed by atoms with Crippen LogP contribution in [0.2, 0.25) is 0 Å². The molecule has 0 saturated carbocycles. The molecule has 0 spiro atoms. The molecule has 1 unspecified atom stereocenters. The molecule has 1 aliphatic rings. The predicted molar refractivity (Wildman–Crippen MR) is 127 cm³/mol. The van der Waals surface area contributed by atoms with Crippen LogP contribution in [-0.2, 0) is 16.0 Å². The Morgan fingerprint density at radius 1 is 1.03 bits per heavy atom. The summed E-state index contributed by atoms with van der Waals surface area (Å²) >= 11 is 0.